The summed E-state index contributed by atoms with van der Waals surface area (Å²) in [5.41, 5.74) is 3.44. The number of halogens is 2. The fraction of sp³-hybridized carbons (Fsp3) is 0.115. The second-order valence-electron chi connectivity index (χ2n) is 8.43. The number of nitrogens with zero attached hydrogens (tertiary/aromatic N) is 1. The van der Waals surface area contributed by atoms with Crippen LogP contribution in [-0.4, -0.2) is 21.1 Å². The Morgan fingerprint density at radius 2 is 1.92 bits per heavy atom. The topological polar surface area (TPSA) is 87.4 Å². The van der Waals surface area contributed by atoms with E-state index in [4.69, 9.17) is 39.8 Å². The highest BCUT2D eigenvalue weighted by molar-refractivity contribution is 7.80. The van der Waals surface area contributed by atoms with Gasteiger partial charge in [0.25, 0.3) is 5.91 Å². The summed E-state index contributed by atoms with van der Waals surface area (Å²) in [4.78, 5) is 17.6. The van der Waals surface area contributed by atoms with E-state index in [0.29, 0.717) is 43.6 Å². The second kappa shape index (κ2) is 9.71. The van der Waals surface area contributed by atoms with Crippen molar-refractivity contribution in [2.75, 3.05) is 5.32 Å². The number of phenolic OH excluding ortho intramolecular Hbond substituents is 1. The fourth-order valence-corrected chi connectivity index (χ4v) is 5.62. The summed E-state index contributed by atoms with van der Waals surface area (Å²) in [6.07, 6.45) is 0. The number of carbonyl (C=O) groups is 1. The van der Waals surface area contributed by atoms with Crippen molar-refractivity contribution in [1.29, 1.82) is 0 Å². The van der Waals surface area contributed by atoms with Crippen LogP contribution >= 0.6 is 46.8 Å². The monoisotopic (exact) mass is 555 g/mol. The lowest BCUT2D eigenvalue weighted by Crippen LogP contribution is -2.33. The first-order valence-electron chi connectivity index (χ1n) is 10.9. The first-order valence-corrected chi connectivity index (χ1v) is 12.9. The molecule has 10 heteroatoms. The maximum absolute atomic E-state index is 12.8. The van der Waals surface area contributed by atoms with Crippen LogP contribution in [0.4, 0.5) is 5.69 Å². The molecule has 3 N–H and O–H groups in total. The van der Waals surface area contributed by atoms with Gasteiger partial charge in [0.2, 0.25) is 5.89 Å². The van der Waals surface area contributed by atoms with E-state index in [-0.39, 0.29) is 10.9 Å². The molecule has 0 spiro atoms. The van der Waals surface area contributed by atoms with Crippen LogP contribution in [0.2, 0.25) is 10.0 Å². The second-order valence-corrected chi connectivity index (χ2v) is 10.7. The lowest BCUT2D eigenvalue weighted by atomic mass is 10.0. The van der Waals surface area contributed by atoms with Crippen molar-refractivity contribution in [3.8, 4) is 17.2 Å². The van der Waals surface area contributed by atoms with Gasteiger partial charge in [-0.05, 0) is 60.1 Å². The molecule has 0 bridgehead atoms. The molecule has 0 aliphatic heterocycles. The summed E-state index contributed by atoms with van der Waals surface area (Å²) < 4.78 is 6.64. The van der Waals surface area contributed by atoms with Gasteiger partial charge in [0.15, 0.2) is 10.7 Å². The molecule has 6 nitrogen and oxygen atoms in total. The molecule has 0 saturated heterocycles. The van der Waals surface area contributed by atoms with Gasteiger partial charge in [-0.25, -0.2) is 4.98 Å². The van der Waals surface area contributed by atoms with Crippen LogP contribution in [0.5, 0.6) is 5.75 Å². The molecular formula is C26H19Cl2N3O3S2. The minimum absolute atomic E-state index is 0.0470. The number of aromatic hydroxyl groups is 1. The summed E-state index contributed by atoms with van der Waals surface area (Å²) in [7, 11) is 0. The highest BCUT2D eigenvalue weighted by atomic mass is 35.5. The number of hydrogen-bond donors (Lipinski definition) is 3. The van der Waals surface area contributed by atoms with Crippen LogP contribution in [0.15, 0.2) is 59.0 Å². The van der Waals surface area contributed by atoms with Crippen molar-refractivity contribution >= 4 is 84.6 Å². The molecule has 0 aliphatic rings. The third-order valence-electron chi connectivity index (χ3n) is 5.59. The number of oxazole rings is 1. The summed E-state index contributed by atoms with van der Waals surface area (Å²) in [5, 5.41) is 17.9. The number of thiophene rings is 1. The fourth-order valence-electron chi connectivity index (χ4n) is 3.72. The molecule has 36 heavy (non-hydrogen) atoms. The number of aromatic nitrogens is 1. The first kappa shape index (κ1) is 24.5. The normalized spacial score (nSPS) is 11.4. The predicted octanol–water partition coefficient (Wildman–Crippen LogP) is 7.97. The molecule has 2 heterocycles. The van der Waals surface area contributed by atoms with Gasteiger partial charge >= 0.3 is 0 Å². The van der Waals surface area contributed by atoms with Gasteiger partial charge in [0.05, 0.1) is 10.6 Å². The first-order chi connectivity index (χ1) is 17.2. The summed E-state index contributed by atoms with van der Waals surface area (Å²) in [6, 6.07) is 16.0. The van der Waals surface area contributed by atoms with E-state index >= 15 is 0 Å². The zero-order chi connectivity index (χ0) is 25.6. The maximum Gasteiger partial charge on any atom is 0.269 e. The van der Waals surface area contributed by atoms with Gasteiger partial charge in [0.1, 0.15) is 16.1 Å². The standard InChI is InChI=1S/C26H19Cl2N3O3S2/c1-12(2)13-3-8-20-18(9-13)30-25(34-20)16-7-5-15(11-19(16)32)29-26(35)31-24(33)23-22(28)17-6-4-14(27)10-21(17)36-23/h3-12,32H,1-2H3,(H2,29,31,33,35). The quantitative estimate of drug-likeness (QED) is 0.195. The van der Waals surface area contributed by atoms with Gasteiger partial charge in [-0.2, -0.15) is 0 Å². The van der Waals surface area contributed by atoms with Gasteiger partial charge in [-0.15, -0.1) is 11.3 Å². The summed E-state index contributed by atoms with van der Waals surface area (Å²) in [6.45, 7) is 4.22. The molecule has 5 rings (SSSR count). The number of benzene rings is 3. The van der Waals surface area contributed by atoms with Crippen molar-refractivity contribution in [2.45, 2.75) is 19.8 Å². The van der Waals surface area contributed by atoms with Crippen LogP contribution in [0.25, 0.3) is 32.6 Å². The van der Waals surface area contributed by atoms with Crippen molar-refractivity contribution in [2.24, 2.45) is 0 Å². The average molecular weight is 556 g/mol. The van der Waals surface area contributed by atoms with Gasteiger partial charge in [-0.3, -0.25) is 10.1 Å². The largest absolute Gasteiger partial charge is 0.507 e. The minimum Gasteiger partial charge on any atom is -0.507 e. The van der Waals surface area contributed by atoms with Crippen LogP contribution in [-0.2, 0) is 0 Å². The highest BCUT2D eigenvalue weighted by Crippen LogP contribution is 2.37. The van der Waals surface area contributed by atoms with E-state index in [9.17, 15) is 9.90 Å². The third kappa shape index (κ3) is 4.77. The van der Waals surface area contributed by atoms with Crippen LogP contribution in [0, 0.1) is 0 Å². The Bertz CT molecular complexity index is 1660. The van der Waals surface area contributed by atoms with Crippen molar-refractivity contribution in [3.63, 3.8) is 0 Å². The lowest BCUT2D eigenvalue weighted by molar-refractivity contribution is 0.0982. The Labute approximate surface area is 225 Å². The molecule has 182 valence electrons. The number of nitrogens with one attached hydrogen (secondary N) is 2. The number of rotatable bonds is 4. The molecule has 2 aromatic heterocycles. The van der Waals surface area contributed by atoms with Crippen molar-refractivity contribution in [3.05, 3.63) is 75.1 Å². The molecule has 0 saturated carbocycles. The molecule has 0 fully saturated rings. The third-order valence-corrected chi connectivity index (χ3v) is 7.68. The zero-order valence-electron chi connectivity index (χ0n) is 19.1. The number of anilines is 1. The Balaban J connectivity index is 1.31. The van der Waals surface area contributed by atoms with Crippen LogP contribution < -0.4 is 10.6 Å². The minimum atomic E-state index is -0.442. The molecule has 0 unspecified atom stereocenters. The number of phenols is 1. The number of fused-ring (bicyclic) bond motifs is 2. The maximum atomic E-state index is 12.8. The van der Waals surface area contributed by atoms with E-state index in [0.717, 1.165) is 21.2 Å². The van der Waals surface area contributed by atoms with Crippen molar-refractivity contribution < 1.29 is 14.3 Å². The van der Waals surface area contributed by atoms with E-state index in [1.54, 1.807) is 30.3 Å². The predicted molar refractivity (Wildman–Crippen MR) is 151 cm³/mol. The number of carbonyl (C=O) groups excluding carboxylic acids is 1. The SMILES string of the molecule is CC(C)c1ccc2oc(-c3ccc(NC(=S)NC(=O)c4sc5cc(Cl)ccc5c4Cl)cc3O)nc2c1. The molecule has 0 atom stereocenters. The number of amides is 1. The smallest absolute Gasteiger partial charge is 0.269 e. The zero-order valence-corrected chi connectivity index (χ0v) is 22.2. The Kier molecular flexibility index (Phi) is 6.61. The van der Waals surface area contributed by atoms with Gasteiger partial charge in [-0.1, -0.05) is 49.2 Å². The van der Waals surface area contributed by atoms with E-state index < -0.39 is 5.91 Å². The number of hydrogen-bond acceptors (Lipinski definition) is 6. The van der Waals surface area contributed by atoms with Crippen LogP contribution in [0.3, 0.4) is 0 Å². The Morgan fingerprint density at radius 1 is 1.11 bits per heavy atom. The molecule has 5 aromatic rings. The molecule has 0 aliphatic carbocycles. The number of thiocarbonyl (C=S) groups is 1. The Morgan fingerprint density at radius 3 is 2.67 bits per heavy atom. The van der Waals surface area contributed by atoms with Crippen molar-refractivity contribution in [1.82, 2.24) is 10.3 Å². The molecule has 0 radical (unpaired) electrons. The van der Waals surface area contributed by atoms with E-state index in [2.05, 4.69) is 29.5 Å². The average Bonchev–Trinajstić information content (AvgIpc) is 3.39. The van der Waals surface area contributed by atoms with Crippen LogP contribution in [0.1, 0.15) is 35.0 Å². The summed E-state index contributed by atoms with van der Waals surface area (Å²) in [5.74, 6) is 0.188. The Hall–Kier alpha value is -3.17. The van der Waals surface area contributed by atoms with E-state index in [1.165, 1.54) is 17.4 Å². The molecule has 3 aromatic carbocycles. The van der Waals surface area contributed by atoms with Gasteiger partial charge in [0, 0.05) is 26.9 Å². The molecule has 1 amide bonds. The van der Waals surface area contributed by atoms with E-state index in [1.807, 2.05) is 18.2 Å². The lowest BCUT2D eigenvalue weighted by Gasteiger charge is -2.10. The van der Waals surface area contributed by atoms with Gasteiger partial charge < -0.3 is 14.8 Å². The molecular weight excluding hydrogens is 537 g/mol. The highest BCUT2D eigenvalue weighted by Gasteiger charge is 2.19. The summed E-state index contributed by atoms with van der Waals surface area (Å²) >= 11 is 18.9.